The van der Waals surface area contributed by atoms with E-state index in [0.717, 1.165) is 19.5 Å². The van der Waals surface area contributed by atoms with E-state index in [0.29, 0.717) is 10.9 Å². The van der Waals surface area contributed by atoms with Gasteiger partial charge in [-0.25, -0.2) is 4.98 Å². The molecule has 0 aliphatic heterocycles. The van der Waals surface area contributed by atoms with E-state index in [2.05, 4.69) is 44.6 Å². The highest BCUT2D eigenvalue weighted by Gasteiger charge is 2.04. The van der Waals surface area contributed by atoms with E-state index < -0.39 is 0 Å². The van der Waals surface area contributed by atoms with Gasteiger partial charge in [-0.05, 0) is 26.3 Å². The number of halogens is 1. The fraction of sp³-hybridized carbons (Fsp3) is 0.727. The van der Waals surface area contributed by atoms with Gasteiger partial charge in [0.05, 0.1) is 6.33 Å². The van der Waals surface area contributed by atoms with E-state index in [1.165, 1.54) is 6.42 Å². The largest absolute Gasteiger partial charge is 0.337 e. The number of aryl methyl sites for hydroxylation is 1. The van der Waals surface area contributed by atoms with Gasteiger partial charge in [-0.2, -0.15) is 0 Å². The van der Waals surface area contributed by atoms with Crippen LogP contribution in [0.2, 0.25) is 0 Å². The van der Waals surface area contributed by atoms with E-state index in [-0.39, 0.29) is 0 Å². The van der Waals surface area contributed by atoms with Crippen molar-refractivity contribution < 1.29 is 0 Å². The van der Waals surface area contributed by atoms with Gasteiger partial charge in [-0.15, -0.1) is 0 Å². The highest BCUT2D eigenvalue weighted by molar-refractivity contribution is 9.09. The fourth-order valence-electron chi connectivity index (χ4n) is 1.60. The second kappa shape index (κ2) is 7.01. The Morgan fingerprint density at radius 2 is 2.27 bits per heavy atom. The second-order valence-electron chi connectivity index (χ2n) is 4.03. The molecular formula is C11H20BrN3. The summed E-state index contributed by atoms with van der Waals surface area (Å²) in [6.45, 7) is 6.53. The number of nitrogens with one attached hydrogen (secondary N) is 1. The minimum Gasteiger partial charge on any atom is -0.337 e. The number of hydrogen-bond donors (Lipinski definition) is 1. The number of imidazole rings is 1. The summed E-state index contributed by atoms with van der Waals surface area (Å²) in [7, 11) is 0. The van der Waals surface area contributed by atoms with Gasteiger partial charge in [0.1, 0.15) is 0 Å². The number of aromatic nitrogens is 2. The monoisotopic (exact) mass is 273 g/mol. The normalized spacial score (nSPS) is 15.1. The van der Waals surface area contributed by atoms with Crippen LogP contribution in [0.1, 0.15) is 26.7 Å². The SMILES string of the molecule is CC(Br)CC(C)NCCCn1ccnc1. The lowest BCUT2D eigenvalue weighted by Gasteiger charge is -2.14. The zero-order valence-electron chi connectivity index (χ0n) is 9.49. The van der Waals surface area contributed by atoms with Crippen LogP contribution < -0.4 is 5.32 Å². The molecule has 1 N–H and O–H groups in total. The topological polar surface area (TPSA) is 29.9 Å². The molecule has 1 aromatic rings. The van der Waals surface area contributed by atoms with Gasteiger partial charge in [0.2, 0.25) is 0 Å². The molecule has 2 unspecified atom stereocenters. The molecule has 1 heterocycles. The first kappa shape index (κ1) is 12.7. The molecule has 0 radical (unpaired) electrons. The molecule has 1 rings (SSSR count). The average Bonchev–Trinajstić information content (AvgIpc) is 2.63. The maximum atomic E-state index is 4.01. The van der Waals surface area contributed by atoms with Crippen molar-refractivity contribution >= 4 is 15.9 Å². The third-order valence-electron chi connectivity index (χ3n) is 2.32. The number of nitrogens with zero attached hydrogens (tertiary/aromatic N) is 2. The molecule has 3 nitrogen and oxygen atoms in total. The second-order valence-corrected chi connectivity index (χ2v) is 5.59. The molecule has 0 bridgehead atoms. The highest BCUT2D eigenvalue weighted by Crippen LogP contribution is 2.06. The maximum absolute atomic E-state index is 4.01. The van der Waals surface area contributed by atoms with Gasteiger partial charge in [0.15, 0.2) is 0 Å². The Hall–Kier alpha value is -0.350. The summed E-state index contributed by atoms with van der Waals surface area (Å²) in [5.41, 5.74) is 0. The van der Waals surface area contributed by atoms with Crippen LogP contribution in [0.5, 0.6) is 0 Å². The lowest BCUT2D eigenvalue weighted by molar-refractivity contribution is 0.490. The van der Waals surface area contributed by atoms with Crippen molar-refractivity contribution in [3.8, 4) is 0 Å². The molecule has 0 aliphatic rings. The van der Waals surface area contributed by atoms with Crippen LogP contribution in [0.4, 0.5) is 0 Å². The summed E-state index contributed by atoms with van der Waals surface area (Å²) in [5.74, 6) is 0. The molecule has 2 atom stereocenters. The van der Waals surface area contributed by atoms with E-state index >= 15 is 0 Å². The molecule has 0 aromatic carbocycles. The standard InChI is InChI=1S/C11H20BrN3/c1-10(12)8-11(2)14-4-3-6-15-7-5-13-9-15/h5,7,9-11,14H,3-4,6,8H2,1-2H3. The fourth-order valence-corrected chi connectivity index (χ4v) is 2.16. The maximum Gasteiger partial charge on any atom is 0.0945 e. The Kier molecular flexibility index (Phi) is 5.95. The Balaban J connectivity index is 2.01. The number of hydrogen-bond acceptors (Lipinski definition) is 2. The Labute approximate surface area is 100 Å². The van der Waals surface area contributed by atoms with Crippen LogP contribution >= 0.6 is 15.9 Å². The summed E-state index contributed by atoms with van der Waals surface area (Å²) >= 11 is 3.56. The first-order valence-corrected chi connectivity index (χ1v) is 6.43. The third-order valence-corrected chi connectivity index (χ3v) is 2.70. The van der Waals surface area contributed by atoms with Crippen LogP contribution in [-0.2, 0) is 6.54 Å². The van der Waals surface area contributed by atoms with Crippen LogP contribution in [0.25, 0.3) is 0 Å². The molecule has 0 amide bonds. The predicted molar refractivity (Wildman–Crippen MR) is 67.3 cm³/mol. The van der Waals surface area contributed by atoms with E-state index in [4.69, 9.17) is 0 Å². The summed E-state index contributed by atoms with van der Waals surface area (Å²) < 4.78 is 2.11. The van der Waals surface area contributed by atoms with E-state index in [1.807, 2.05) is 18.7 Å². The van der Waals surface area contributed by atoms with Crippen LogP contribution in [0.15, 0.2) is 18.7 Å². The molecule has 1 aromatic heterocycles. The van der Waals surface area contributed by atoms with Crippen LogP contribution in [0, 0.1) is 0 Å². The Morgan fingerprint density at radius 1 is 1.47 bits per heavy atom. The lowest BCUT2D eigenvalue weighted by atomic mass is 10.2. The van der Waals surface area contributed by atoms with Gasteiger partial charge >= 0.3 is 0 Å². The Morgan fingerprint density at radius 3 is 2.87 bits per heavy atom. The van der Waals surface area contributed by atoms with Gasteiger partial charge in [0, 0.05) is 29.8 Å². The van der Waals surface area contributed by atoms with Crippen molar-refractivity contribution in [1.82, 2.24) is 14.9 Å². The summed E-state index contributed by atoms with van der Waals surface area (Å²) in [6, 6.07) is 0.585. The Bertz CT molecular complexity index is 246. The summed E-state index contributed by atoms with van der Waals surface area (Å²) in [6.07, 6.45) is 8.01. The molecule has 86 valence electrons. The average molecular weight is 274 g/mol. The molecular weight excluding hydrogens is 254 g/mol. The minimum absolute atomic E-state index is 0.585. The number of alkyl halides is 1. The van der Waals surface area contributed by atoms with Crippen LogP contribution in [-0.4, -0.2) is 27.0 Å². The molecule has 0 saturated heterocycles. The minimum atomic E-state index is 0.585. The molecule has 15 heavy (non-hydrogen) atoms. The van der Waals surface area contributed by atoms with E-state index in [9.17, 15) is 0 Å². The first-order valence-electron chi connectivity index (χ1n) is 5.51. The van der Waals surface area contributed by atoms with Crippen molar-refractivity contribution in [2.24, 2.45) is 0 Å². The van der Waals surface area contributed by atoms with Crippen molar-refractivity contribution in [1.29, 1.82) is 0 Å². The summed E-state index contributed by atoms with van der Waals surface area (Å²) in [4.78, 5) is 4.60. The molecule has 0 fully saturated rings. The quantitative estimate of drug-likeness (QED) is 0.611. The molecule has 0 saturated carbocycles. The smallest absolute Gasteiger partial charge is 0.0945 e. The summed E-state index contributed by atoms with van der Waals surface area (Å²) in [5, 5.41) is 3.51. The highest BCUT2D eigenvalue weighted by atomic mass is 79.9. The third kappa shape index (κ3) is 5.95. The van der Waals surface area contributed by atoms with Crippen molar-refractivity contribution in [3.05, 3.63) is 18.7 Å². The molecule has 0 spiro atoms. The van der Waals surface area contributed by atoms with Crippen molar-refractivity contribution in [2.45, 2.75) is 44.1 Å². The lowest BCUT2D eigenvalue weighted by Crippen LogP contribution is -2.29. The predicted octanol–water partition coefficient (Wildman–Crippen LogP) is 2.42. The van der Waals surface area contributed by atoms with E-state index in [1.54, 1.807) is 0 Å². The zero-order chi connectivity index (χ0) is 11.1. The number of rotatable bonds is 7. The van der Waals surface area contributed by atoms with Gasteiger partial charge in [-0.3, -0.25) is 0 Å². The van der Waals surface area contributed by atoms with Crippen LogP contribution in [0.3, 0.4) is 0 Å². The van der Waals surface area contributed by atoms with Crippen molar-refractivity contribution in [2.75, 3.05) is 6.54 Å². The zero-order valence-corrected chi connectivity index (χ0v) is 11.1. The van der Waals surface area contributed by atoms with Crippen molar-refractivity contribution in [3.63, 3.8) is 0 Å². The first-order chi connectivity index (χ1) is 7.18. The molecule has 4 heteroatoms. The van der Waals surface area contributed by atoms with Gasteiger partial charge in [0.25, 0.3) is 0 Å². The van der Waals surface area contributed by atoms with Gasteiger partial charge in [-0.1, -0.05) is 22.9 Å². The van der Waals surface area contributed by atoms with Gasteiger partial charge < -0.3 is 9.88 Å². The molecule has 0 aliphatic carbocycles.